The minimum absolute atomic E-state index is 0.0660. The van der Waals surface area contributed by atoms with E-state index in [1.165, 1.54) is 6.42 Å². The van der Waals surface area contributed by atoms with E-state index in [4.69, 9.17) is 0 Å². The molecule has 2 atom stereocenters. The van der Waals surface area contributed by atoms with E-state index in [2.05, 4.69) is 0 Å². The highest BCUT2D eigenvalue weighted by Crippen LogP contribution is 2.48. The fourth-order valence-corrected chi connectivity index (χ4v) is 2.96. The number of hydrogen-bond acceptors (Lipinski definition) is 2. The molecule has 0 unspecified atom stereocenters. The van der Waals surface area contributed by atoms with Gasteiger partial charge in [0.25, 0.3) is 0 Å². The van der Waals surface area contributed by atoms with Gasteiger partial charge in [-0.05, 0) is 18.8 Å². The Kier molecular flexibility index (Phi) is 1.83. The van der Waals surface area contributed by atoms with E-state index in [0.717, 1.165) is 19.3 Å². The average molecular weight is 180 g/mol. The maximum atomic E-state index is 11.6. The first-order valence-electron chi connectivity index (χ1n) is 5.14. The summed E-state index contributed by atoms with van der Waals surface area (Å²) in [7, 11) is 0. The Bertz CT molecular complexity index is 265. The van der Waals surface area contributed by atoms with Crippen LogP contribution in [0.4, 0.5) is 0 Å². The average Bonchev–Trinajstić information content (AvgIpc) is 2.30. The lowest BCUT2D eigenvalue weighted by Gasteiger charge is -2.31. The molecule has 0 N–H and O–H groups in total. The monoisotopic (exact) mass is 180 g/mol. The van der Waals surface area contributed by atoms with Gasteiger partial charge in [-0.15, -0.1) is 0 Å². The minimum Gasteiger partial charge on any atom is -0.291 e. The molecular weight excluding hydrogens is 164 g/mol. The van der Waals surface area contributed by atoms with Crippen molar-refractivity contribution in [3.63, 3.8) is 0 Å². The molecule has 0 amide bonds. The van der Waals surface area contributed by atoms with Gasteiger partial charge in [0.15, 0.2) is 0 Å². The summed E-state index contributed by atoms with van der Waals surface area (Å²) in [5.41, 5.74) is -0.373. The van der Waals surface area contributed by atoms with Crippen LogP contribution in [-0.2, 0) is 9.59 Å². The highest BCUT2D eigenvalue weighted by molar-refractivity contribution is 6.42. The zero-order valence-corrected chi connectivity index (χ0v) is 8.30. The van der Waals surface area contributed by atoms with Crippen molar-refractivity contribution in [2.24, 2.45) is 17.3 Å². The van der Waals surface area contributed by atoms with E-state index >= 15 is 0 Å². The zero-order chi connectivity index (χ0) is 9.64. The van der Waals surface area contributed by atoms with Gasteiger partial charge >= 0.3 is 0 Å². The summed E-state index contributed by atoms with van der Waals surface area (Å²) >= 11 is 0. The number of fused-ring (bicyclic) bond motifs is 1. The van der Waals surface area contributed by atoms with Crippen molar-refractivity contribution in [1.82, 2.24) is 0 Å². The van der Waals surface area contributed by atoms with Crippen LogP contribution < -0.4 is 0 Å². The molecule has 2 fully saturated rings. The molecule has 2 heteroatoms. The van der Waals surface area contributed by atoms with E-state index < -0.39 is 0 Å². The van der Waals surface area contributed by atoms with Crippen molar-refractivity contribution < 1.29 is 9.59 Å². The van der Waals surface area contributed by atoms with Gasteiger partial charge in [-0.1, -0.05) is 26.7 Å². The summed E-state index contributed by atoms with van der Waals surface area (Å²) in [4.78, 5) is 23.2. The second-order valence-electron chi connectivity index (χ2n) is 4.91. The summed E-state index contributed by atoms with van der Waals surface area (Å²) in [6, 6.07) is 0. The SMILES string of the molecule is CC1(C)C(=O)C(=O)[C@H]2CCCC[C@H]21. The quantitative estimate of drug-likeness (QED) is 0.534. The van der Waals surface area contributed by atoms with Gasteiger partial charge in [0.1, 0.15) is 0 Å². The van der Waals surface area contributed by atoms with Gasteiger partial charge in [0.2, 0.25) is 11.6 Å². The Labute approximate surface area is 78.7 Å². The molecule has 2 saturated carbocycles. The molecule has 0 aromatic heterocycles. The lowest BCUT2D eigenvalue weighted by Crippen LogP contribution is -2.28. The van der Waals surface area contributed by atoms with Gasteiger partial charge in [0.05, 0.1) is 0 Å². The van der Waals surface area contributed by atoms with Gasteiger partial charge in [-0.3, -0.25) is 9.59 Å². The van der Waals surface area contributed by atoms with Crippen molar-refractivity contribution >= 4 is 11.6 Å². The number of Topliss-reactive ketones (excluding diaryl/α,β-unsaturated/α-hetero) is 2. The third kappa shape index (κ3) is 1.07. The summed E-state index contributed by atoms with van der Waals surface area (Å²) in [5, 5.41) is 0. The summed E-state index contributed by atoms with van der Waals surface area (Å²) in [5.74, 6) is 0.191. The van der Waals surface area contributed by atoms with Crippen molar-refractivity contribution in [3.05, 3.63) is 0 Å². The highest BCUT2D eigenvalue weighted by Gasteiger charge is 2.54. The van der Waals surface area contributed by atoms with Crippen LogP contribution in [0, 0.1) is 17.3 Å². The molecule has 0 bridgehead atoms. The molecule has 0 spiro atoms. The van der Waals surface area contributed by atoms with Crippen LogP contribution in [0.25, 0.3) is 0 Å². The Balaban J connectivity index is 2.35. The zero-order valence-electron chi connectivity index (χ0n) is 8.30. The fourth-order valence-electron chi connectivity index (χ4n) is 2.96. The molecule has 0 saturated heterocycles. The topological polar surface area (TPSA) is 34.1 Å². The van der Waals surface area contributed by atoms with Crippen molar-refractivity contribution in [1.29, 1.82) is 0 Å². The Morgan fingerprint density at radius 2 is 1.77 bits per heavy atom. The summed E-state index contributed by atoms with van der Waals surface area (Å²) in [6.07, 6.45) is 4.31. The molecule has 2 aliphatic carbocycles. The van der Waals surface area contributed by atoms with Crippen LogP contribution >= 0.6 is 0 Å². The molecule has 0 aromatic carbocycles. The lowest BCUT2D eigenvalue weighted by molar-refractivity contribution is -0.138. The number of carbonyl (C=O) groups excluding carboxylic acids is 2. The molecule has 0 aromatic rings. The van der Waals surface area contributed by atoms with E-state index in [1.807, 2.05) is 13.8 Å². The molecule has 13 heavy (non-hydrogen) atoms. The van der Waals surface area contributed by atoms with Crippen LogP contribution in [0.15, 0.2) is 0 Å². The summed E-state index contributed by atoms with van der Waals surface area (Å²) < 4.78 is 0. The van der Waals surface area contributed by atoms with E-state index in [1.54, 1.807) is 0 Å². The Hall–Kier alpha value is -0.660. The van der Waals surface area contributed by atoms with Gasteiger partial charge in [0, 0.05) is 11.3 Å². The normalized spacial score (nSPS) is 37.7. The number of carbonyl (C=O) groups is 2. The molecule has 0 heterocycles. The second-order valence-corrected chi connectivity index (χ2v) is 4.91. The first kappa shape index (κ1) is 8.92. The van der Waals surface area contributed by atoms with E-state index in [0.29, 0.717) is 5.92 Å². The summed E-state index contributed by atoms with van der Waals surface area (Å²) in [6.45, 7) is 3.87. The van der Waals surface area contributed by atoms with Crippen LogP contribution in [-0.4, -0.2) is 11.6 Å². The minimum atomic E-state index is -0.373. The van der Waals surface area contributed by atoms with Gasteiger partial charge in [-0.25, -0.2) is 0 Å². The van der Waals surface area contributed by atoms with Crippen molar-refractivity contribution in [2.75, 3.05) is 0 Å². The first-order chi connectivity index (χ1) is 6.05. The molecule has 2 aliphatic rings. The maximum Gasteiger partial charge on any atom is 0.204 e. The third-order valence-electron chi connectivity index (χ3n) is 3.84. The van der Waals surface area contributed by atoms with Gasteiger partial charge < -0.3 is 0 Å². The van der Waals surface area contributed by atoms with E-state index in [9.17, 15) is 9.59 Å². The third-order valence-corrected chi connectivity index (χ3v) is 3.84. The molecule has 72 valence electrons. The van der Waals surface area contributed by atoms with Crippen LogP contribution in [0.3, 0.4) is 0 Å². The maximum absolute atomic E-state index is 11.6. The predicted octanol–water partition coefficient (Wildman–Crippen LogP) is 1.97. The van der Waals surface area contributed by atoms with Gasteiger partial charge in [-0.2, -0.15) is 0 Å². The Morgan fingerprint density at radius 1 is 1.15 bits per heavy atom. The van der Waals surface area contributed by atoms with Crippen LogP contribution in [0.1, 0.15) is 39.5 Å². The second kappa shape index (κ2) is 2.66. The first-order valence-corrected chi connectivity index (χ1v) is 5.14. The number of ketones is 2. The van der Waals surface area contributed by atoms with Crippen LogP contribution in [0.2, 0.25) is 0 Å². The van der Waals surface area contributed by atoms with Crippen molar-refractivity contribution in [2.45, 2.75) is 39.5 Å². The molecule has 0 radical (unpaired) electrons. The van der Waals surface area contributed by atoms with Crippen molar-refractivity contribution in [3.8, 4) is 0 Å². The molecule has 2 nitrogen and oxygen atoms in total. The smallest absolute Gasteiger partial charge is 0.204 e. The fraction of sp³-hybridized carbons (Fsp3) is 0.818. The predicted molar refractivity (Wildman–Crippen MR) is 49.2 cm³/mol. The number of rotatable bonds is 0. The molecule has 0 aliphatic heterocycles. The largest absolute Gasteiger partial charge is 0.291 e. The Morgan fingerprint density at radius 3 is 2.38 bits per heavy atom. The molecule has 2 rings (SSSR count). The lowest BCUT2D eigenvalue weighted by atomic mass is 9.71. The highest BCUT2D eigenvalue weighted by atomic mass is 16.2. The molecular formula is C11H16O2. The standard InChI is InChI=1S/C11H16O2/c1-11(2)8-6-4-3-5-7(8)9(12)10(11)13/h7-8H,3-6H2,1-2H3/t7-,8+/m0/s1. The number of hydrogen-bond donors (Lipinski definition) is 0. The van der Waals surface area contributed by atoms with E-state index in [-0.39, 0.29) is 22.9 Å². The van der Waals surface area contributed by atoms with Crippen LogP contribution in [0.5, 0.6) is 0 Å².